The quantitative estimate of drug-likeness (QED) is 0.0621. The highest BCUT2D eigenvalue weighted by Gasteiger charge is 2.66. The van der Waals surface area contributed by atoms with E-state index in [1.165, 1.54) is 51.4 Å². The molecule has 0 amide bonds. The molecule has 8 nitrogen and oxygen atoms in total. The molecule has 3 heterocycles. The second kappa shape index (κ2) is 14.4. The van der Waals surface area contributed by atoms with Gasteiger partial charge in [-0.1, -0.05) is 59.8 Å². The van der Waals surface area contributed by atoms with Crippen LogP contribution in [0.4, 0.5) is 11.4 Å². The monoisotopic (exact) mass is 967 g/mol. The standard InChI is InChI=1S/C59H62BrN5O3/c60-48-21-20-43-52-42(48)8-3-9-44(52)59(66)64-49-24-32(65(67)68)23-46-47(45-22-31(61)12-15-41(45)57(56(46)49)62-58(43)64)27-63-25-29-10-13-35-39-18-16-37-33-6-1-4-28-5-2-7-34(51(28)33)38-17-19-40(55(39)54(37)38)36-14-11-30(26-63)50(29)53(35)36/h3,8-9,12,15,20-24,28-30,33-40,50-51,53-55H,1-2,4-7,10-11,13-14,16-19,25-27,61H2. The molecule has 68 heavy (non-hydrogen) atoms. The van der Waals surface area contributed by atoms with Crippen LogP contribution in [0.1, 0.15) is 95.5 Å². The van der Waals surface area contributed by atoms with Gasteiger partial charge in [0.05, 0.1) is 16.0 Å². The summed E-state index contributed by atoms with van der Waals surface area (Å²) in [6.45, 7) is 2.87. The Kier molecular flexibility index (Phi) is 8.55. The Morgan fingerprint density at radius 2 is 1.21 bits per heavy atom. The molecule has 16 rings (SSSR count). The number of non-ortho nitro benzene ring substituents is 1. The van der Waals surface area contributed by atoms with Gasteiger partial charge in [-0.05, 0) is 211 Å². The predicted octanol–water partition coefficient (Wildman–Crippen LogP) is 13.4. The van der Waals surface area contributed by atoms with Gasteiger partial charge in [-0.15, -0.1) is 0 Å². The van der Waals surface area contributed by atoms with Crippen LogP contribution in [0.25, 0.3) is 59.8 Å². The lowest BCUT2D eigenvalue weighted by Gasteiger charge is -2.71. The number of hydrogen-bond donors (Lipinski definition) is 1. The molecule has 10 atom stereocenters. The highest BCUT2D eigenvalue weighted by molar-refractivity contribution is 9.10. The van der Waals surface area contributed by atoms with Crippen LogP contribution in [0.5, 0.6) is 0 Å². The van der Waals surface area contributed by atoms with Gasteiger partial charge in [0, 0.05) is 68.9 Å². The molecule has 9 aliphatic rings. The van der Waals surface area contributed by atoms with Crippen molar-refractivity contribution in [2.45, 2.75) is 96.4 Å². The SMILES string of the molecule is Nc1ccc2c(c1)c(CN1CC3CCC4C5CCC6C7CCCC8CCCC(C9CCC(C%10CCC(C1)C3C4%10)C5C69)C87)c1cc([N+](=O)[O-])cc3c1c2nc1c2ccc(Br)c4cccc(c(=O)n31)c42. The first kappa shape index (κ1) is 40.4. The second-order valence-corrected chi connectivity index (χ2v) is 25.4. The molecule has 0 radical (unpaired) electrons. The number of hydrogen-bond acceptors (Lipinski definition) is 6. The molecule has 1 aliphatic heterocycles. The minimum absolute atomic E-state index is 0.0134. The zero-order valence-corrected chi connectivity index (χ0v) is 40.6. The first-order valence-corrected chi connectivity index (χ1v) is 27.9. The maximum absolute atomic E-state index is 14.8. The molecule has 5 aromatic carbocycles. The van der Waals surface area contributed by atoms with Gasteiger partial charge in [0.15, 0.2) is 0 Å². The number of halogens is 1. The Labute approximate surface area is 405 Å². The van der Waals surface area contributed by atoms with Gasteiger partial charge in [0.25, 0.3) is 11.2 Å². The van der Waals surface area contributed by atoms with Crippen molar-refractivity contribution in [1.82, 2.24) is 14.3 Å². The van der Waals surface area contributed by atoms with Crippen LogP contribution in [0.3, 0.4) is 0 Å². The first-order chi connectivity index (χ1) is 33.3. The van der Waals surface area contributed by atoms with Crippen LogP contribution in [0.15, 0.2) is 69.9 Å². The number of anilines is 1. The van der Waals surface area contributed by atoms with E-state index < -0.39 is 0 Å². The first-order valence-electron chi connectivity index (χ1n) is 27.1. The van der Waals surface area contributed by atoms with E-state index in [-0.39, 0.29) is 16.2 Å². The average molecular weight is 969 g/mol. The number of nitrogen functional groups attached to an aromatic ring is 1. The molecule has 7 aromatic rings. The summed E-state index contributed by atoms with van der Waals surface area (Å²) in [6, 6.07) is 19.3. The Balaban J connectivity index is 0.782. The predicted molar refractivity (Wildman–Crippen MR) is 275 cm³/mol. The molecule has 1 saturated heterocycles. The number of aromatic nitrogens is 2. The van der Waals surface area contributed by atoms with Crippen molar-refractivity contribution in [3.05, 3.63) is 91.2 Å². The largest absolute Gasteiger partial charge is 0.399 e. The molecule has 0 spiro atoms. The number of benzene rings is 5. The third kappa shape index (κ3) is 5.26. The van der Waals surface area contributed by atoms with Crippen LogP contribution in [-0.4, -0.2) is 32.3 Å². The number of nitro benzene ring substituents is 1. The fourth-order valence-corrected chi connectivity index (χ4v) is 21.4. The van der Waals surface area contributed by atoms with E-state index >= 15 is 0 Å². The number of fused-ring (bicyclic) bond motifs is 9. The third-order valence-electron chi connectivity index (χ3n) is 22.5. The Morgan fingerprint density at radius 3 is 1.87 bits per heavy atom. The molecule has 9 fully saturated rings. The summed E-state index contributed by atoms with van der Waals surface area (Å²) in [7, 11) is 0. The normalized spacial score (nSPS) is 38.2. The molecule has 8 saturated carbocycles. The highest BCUT2D eigenvalue weighted by atomic mass is 79.9. The van der Waals surface area contributed by atoms with Crippen LogP contribution < -0.4 is 11.3 Å². The van der Waals surface area contributed by atoms with Crippen molar-refractivity contribution < 1.29 is 4.92 Å². The van der Waals surface area contributed by atoms with Crippen LogP contribution in [0.2, 0.25) is 0 Å². The summed E-state index contributed by atoms with van der Waals surface area (Å²) in [5, 5.41) is 19.8. The lowest BCUT2D eigenvalue weighted by Crippen LogP contribution is -2.66. The van der Waals surface area contributed by atoms with E-state index in [1.54, 1.807) is 55.1 Å². The number of nitrogens with two attached hydrogens (primary N) is 1. The minimum Gasteiger partial charge on any atom is -0.399 e. The molecule has 10 unspecified atom stereocenters. The molecule has 9 heteroatoms. The summed E-state index contributed by atoms with van der Waals surface area (Å²) in [4.78, 5) is 35.6. The molecular weight excluding hydrogens is 907 g/mol. The average Bonchev–Trinajstić information content (AvgIpc) is 3.36. The lowest BCUT2D eigenvalue weighted by molar-refractivity contribution is -0.384. The molecule has 0 bridgehead atoms. The van der Waals surface area contributed by atoms with Gasteiger partial charge in [0.2, 0.25) is 0 Å². The van der Waals surface area contributed by atoms with Crippen molar-refractivity contribution in [1.29, 1.82) is 0 Å². The Morgan fingerprint density at radius 1 is 0.603 bits per heavy atom. The summed E-state index contributed by atoms with van der Waals surface area (Å²) in [5.41, 5.74) is 9.97. The number of nitro groups is 1. The molecular formula is C59H62BrN5O3. The summed E-state index contributed by atoms with van der Waals surface area (Å²) >= 11 is 3.72. The zero-order valence-electron chi connectivity index (χ0n) is 39.0. The molecule has 2 aromatic heterocycles. The van der Waals surface area contributed by atoms with Crippen molar-refractivity contribution >= 4 is 87.1 Å². The summed E-state index contributed by atoms with van der Waals surface area (Å²) in [6.07, 6.45) is 21.0. The molecule has 2 N–H and O–H groups in total. The topological polar surface area (TPSA) is 107 Å². The number of piperidine rings is 1. The van der Waals surface area contributed by atoms with Gasteiger partial charge in [0.1, 0.15) is 5.65 Å². The van der Waals surface area contributed by atoms with Gasteiger partial charge < -0.3 is 5.73 Å². The summed E-state index contributed by atoms with van der Waals surface area (Å²) in [5.74, 6) is 15.4. The number of rotatable bonds is 3. The number of likely N-dealkylation sites (tertiary alicyclic amines) is 1. The van der Waals surface area contributed by atoms with Crippen molar-refractivity contribution in [3.8, 4) is 0 Å². The smallest absolute Gasteiger partial charge is 0.272 e. The zero-order chi connectivity index (χ0) is 45.0. The van der Waals surface area contributed by atoms with Crippen LogP contribution in [-0.2, 0) is 6.54 Å². The minimum atomic E-state index is -0.295. The lowest BCUT2D eigenvalue weighted by atomic mass is 9.34. The van der Waals surface area contributed by atoms with Gasteiger partial charge in [-0.3, -0.25) is 24.2 Å². The maximum Gasteiger partial charge on any atom is 0.272 e. The van der Waals surface area contributed by atoms with E-state index in [2.05, 4.69) is 33.0 Å². The number of nitrogens with zero attached hydrogens (tertiary/aromatic N) is 4. The van der Waals surface area contributed by atoms with Crippen molar-refractivity contribution in [3.63, 3.8) is 0 Å². The molecule has 8 aliphatic carbocycles. The maximum atomic E-state index is 14.8. The Bertz CT molecular complexity index is 3330. The Hall–Kier alpha value is -4.34. The van der Waals surface area contributed by atoms with E-state index in [9.17, 15) is 14.9 Å². The van der Waals surface area contributed by atoms with Crippen LogP contribution in [0, 0.1) is 105 Å². The van der Waals surface area contributed by atoms with Gasteiger partial charge >= 0.3 is 0 Å². The summed E-state index contributed by atoms with van der Waals surface area (Å²) < 4.78 is 2.56. The fourth-order valence-electron chi connectivity index (χ4n) is 21.0. The van der Waals surface area contributed by atoms with Gasteiger partial charge in [-0.25, -0.2) is 4.98 Å². The number of pyridine rings is 1. The van der Waals surface area contributed by atoms with E-state index in [1.807, 2.05) is 36.4 Å². The second-order valence-electron chi connectivity index (χ2n) is 24.5. The van der Waals surface area contributed by atoms with E-state index in [4.69, 9.17) is 10.7 Å². The highest BCUT2D eigenvalue weighted by Crippen LogP contribution is 2.73. The van der Waals surface area contributed by atoms with Crippen molar-refractivity contribution in [2.24, 2.45) is 94.7 Å². The van der Waals surface area contributed by atoms with E-state index in [0.29, 0.717) is 40.6 Å². The third-order valence-corrected chi connectivity index (χ3v) is 23.2. The van der Waals surface area contributed by atoms with Crippen LogP contribution >= 0.6 is 15.9 Å². The van der Waals surface area contributed by atoms with Crippen molar-refractivity contribution in [2.75, 3.05) is 18.8 Å². The van der Waals surface area contributed by atoms with E-state index in [0.717, 1.165) is 149 Å². The molecule has 348 valence electrons. The fraction of sp³-hybridized carbons (Fsp3) is 0.559. The van der Waals surface area contributed by atoms with Gasteiger partial charge in [-0.2, -0.15) is 0 Å².